The highest BCUT2D eigenvalue weighted by atomic mass is 32.2. The van der Waals surface area contributed by atoms with Crippen molar-refractivity contribution in [3.05, 3.63) is 0 Å². The maximum Gasteiger partial charge on any atom is 0.322 e. The van der Waals surface area contributed by atoms with Crippen LogP contribution in [0.4, 0.5) is 0 Å². The van der Waals surface area contributed by atoms with Gasteiger partial charge in [0.25, 0.3) is 0 Å². The predicted molar refractivity (Wildman–Crippen MR) is 61.2 cm³/mol. The van der Waals surface area contributed by atoms with Crippen LogP contribution in [0, 0.1) is 5.92 Å². The summed E-state index contributed by atoms with van der Waals surface area (Å²) in [5.41, 5.74) is 5.43. The van der Waals surface area contributed by atoms with Gasteiger partial charge in [0.1, 0.15) is 0 Å². The molecule has 0 bridgehead atoms. The van der Waals surface area contributed by atoms with Crippen molar-refractivity contribution >= 4 is 16.0 Å². The lowest BCUT2D eigenvalue weighted by Gasteiger charge is -2.19. The van der Waals surface area contributed by atoms with Gasteiger partial charge in [-0.25, -0.2) is 13.1 Å². The van der Waals surface area contributed by atoms with Crippen molar-refractivity contribution in [1.82, 2.24) is 4.72 Å². The van der Waals surface area contributed by atoms with Crippen LogP contribution >= 0.6 is 0 Å². The molecular formula is C9H20N2O4S. The van der Waals surface area contributed by atoms with Gasteiger partial charge in [-0.3, -0.25) is 4.79 Å². The van der Waals surface area contributed by atoms with Gasteiger partial charge in [-0.05, 0) is 12.8 Å². The third-order valence-electron chi connectivity index (χ3n) is 2.00. The van der Waals surface area contributed by atoms with Crippen LogP contribution in [-0.4, -0.2) is 39.3 Å². The van der Waals surface area contributed by atoms with Crippen molar-refractivity contribution < 1.29 is 17.9 Å². The molecule has 0 rings (SSSR count). The van der Waals surface area contributed by atoms with Crippen LogP contribution < -0.4 is 10.5 Å². The number of ether oxygens (including phenoxy) is 1. The Hall–Kier alpha value is -0.660. The molecular weight excluding hydrogens is 232 g/mol. The van der Waals surface area contributed by atoms with Gasteiger partial charge in [-0.2, -0.15) is 0 Å². The van der Waals surface area contributed by atoms with Gasteiger partial charge in [0.15, 0.2) is 5.75 Å². The van der Waals surface area contributed by atoms with Crippen LogP contribution in [0.2, 0.25) is 0 Å². The number of esters is 1. The minimum atomic E-state index is -3.66. The second kappa shape index (κ2) is 6.82. The average Bonchev–Trinajstić information content (AvgIpc) is 2.13. The van der Waals surface area contributed by atoms with Gasteiger partial charge < -0.3 is 10.5 Å². The number of carbonyl (C=O) groups excluding carboxylic acids is 1. The molecule has 0 aliphatic heterocycles. The van der Waals surface area contributed by atoms with Crippen molar-refractivity contribution in [1.29, 1.82) is 0 Å². The summed E-state index contributed by atoms with van der Waals surface area (Å²) in [6.07, 6.45) is 0. The molecule has 0 fully saturated rings. The molecule has 1 atom stereocenters. The van der Waals surface area contributed by atoms with E-state index < -0.39 is 21.7 Å². The Balaban J connectivity index is 4.39. The Morgan fingerprint density at radius 3 is 2.38 bits per heavy atom. The van der Waals surface area contributed by atoms with Gasteiger partial charge in [0.2, 0.25) is 10.0 Å². The highest BCUT2D eigenvalue weighted by Gasteiger charge is 2.22. The highest BCUT2D eigenvalue weighted by Crippen LogP contribution is 2.02. The second-order valence-electron chi connectivity index (χ2n) is 3.77. The molecule has 7 heteroatoms. The van der Waals surface area contributed by atoms with Crippen LogP contribution in [0.25, 0.3) is 0 Å². The zero-order valence-corrected chi connectivity index (χ0v) is 10.7. The maximum atomic E-state index is 11.5. The number of sulfonamides is 1. The van der Waals surface area contributed by atoms with Crippen molar-refractivity contribution in [2.75, 3.05) is 18.9 Å². The topological polar surface area (TPSA) is 98.5 Å². The van der Waals surface area contributed by atoms with Gasteiger partial charge in [-0.15, -0.1) is 0 Å². The predicted octanol–water partition coefficient (Wildman–Crippen LogP) is -0.548. The number of nitrogens with two attached hydrogens (primary N) is 1. The fraction of sp³-hybridized carbons (Fsp3) is 0.889. The Bertz CT molecular complexity index is 313. The first-order valence-corrected chi connectivity index (χ1v) is 6.83. The number of carbonyl (C=O) groups is 1. The largest absolute Gasteiger partial charge is 0.465 e. The van der Waals surface area contributed by atoms with E-state index in [0.717, 1.165) is 0 Å². The molecule has 3 N–H and O–H groups in total. The van der Waals surface area contributed by atoms with Crippen molar-refractivity contribution in [2.24, 2.45) is 11.7 Å². The van der Waals surface area contributed by atoms with Crippen molar-refractivity contribution in [2.45, 2.75) is 26.8 Å². The normalized spacial score (nSPS) is 13.8. The van der Waals surface area contributed by atoms with E-state index >= 15 is 0 Å². The van der Waals surface area contributed by atoms with Crippen LogP contribution in [0.1, 0.15) is 20.8 Å². The molecule has 0 aromatic carbocycles. The van der Waals surface area contributed by atoms with Gasteiger partial charge >= 0.3 is 5.97 Å². The molecule has 0 spiro atoms. The lowest BCUT2D eigenvalue weighted by atomic mass is 10.1. The van der Waals surface area contributed by atoms with E-state index in [1.165, 1.54) is 0 Å². The SMILES string of the molecule is CCOC(=O)CS(=O)(=O)NC(CN)C(C)C. The van der Waals surface area contributed by atoms with Crippen molar-refractivity contribution in [3.63, 3.8) is 0 Å². The third kappa shape index (κ3) is 6.04. The standard InChI is InChI=1S/C9H20N2O4S/c1-4-15-9(12)6-16(13,14)11-8(5-10)7(2)3/h7-8,11H,4-6,10H2,1-3H3. The Kier molecular flexibility index (Phi) is 6.54. The van der Waals surface area contributed by atoms with Crippen molar-refractivity contribution in [3.8, 4) is 0 Å². The average molecular weight is 252 g/mol. The van der Waals surface area contributed by atoms with Gasteiger partial charge in [-0.1, -0.05) is 13.8 Å². The van der Waals surface area contributed by atoms with E-state index in [4.69, 9.17) is 5.73 Å². The summed E-state index contributed by atoms with van der Waals surface area (Å²) < 4.78 is 30.0. The first-order valence-electron chi connectivity index (χ1n) is 5.18. The lowest BCUT2D eigenvalue weighted by Crippen LogP contribution is -2.45. The van der Waals surface area contributed by atoms with Crippen LogP contribution in [0.5, 0.6) is 0 Å². The quantitative estimate of drug-likeness (QED) is 0.592. The summed E-state index contributed by atoms with van der Waals surface area (Å²) in [6, 6.07) is -0.362. The van der Waals surface area contributed by atoms with Crippen LogP contribution in [-0.2, 0) is 19.6 Å². The minimum Gasteiger partial charge on any atom is -0.465 e. The number of hydrogen-bond acceptors (Lipinski definition) is 5. The molecule has 0 radical (unpaired) electrons. The van der Waals surface area contributed by atoms with E-state index in [9.17, 15) is 13.2 Å². The monoisotopic (exact) mass is 252 g/mol. The summed E-state index contributed by atoms with van der Waals surface area (Å²) in [7, 11) is -3.66. The summed E-state index contributed by atoms with van der Waals surface area (Å²) in [5.74, 6) is -1.35. The number of rotatable bonds is 7. The molecule has 6 nitrogen and oxygen atoms in total. The molecule has 0 saturated carbocycles. The Morgan fingerprint density at radius 1 is 1.44 bits per heavy atom. The highest BCUT2D eigenvalue weighted by molar-refractivity contribution is 7.90. The summed E-state index contributed by atoms with van der Waals surface area (Å²) in [6.45, 7) is 5.68. The number of nitrogens with one attached hydrogen (secondary N) is 1. The van der Waals surface area contributed by atoms with Crippen LogP contribution in [0.3, 0.4) is 0 Å². The minimum absolute atomic E-state index is 0.0713. The van der Waals surface area contributed by atoms with E-state index in [-0.39, 0.29) is 25.1 Å². The molecule has 0 aliphatic carbocycles. The Morgan fingerprint density at radius 2 is 2.00 bits per heavy atom. The van der Waals surface area contributed by atoms with E-state index in [1.807, 2.05) is 13.8 Å². The third-order valence-corrected chi connectivity index (χ3v) is 3.28. The second-order valence-corrected chi connectivity index (χ2v) is 5.52. The summed E-state index contributed by atoms with van der Waals surface area (Å²) in [4.78, 5) is 11.0. The van der Waals surface area contributed by atoms with Gasteiger partial charge in [0.05, 0.1) is 6.61 Å². The fourth-order valence-corrected chi connectivity index (χ4v) is 2.39. The summed E-state index contributed by atoms with van der Waals surface area (Å²) >= 11 is 0. The van der Waals surface area contributed by atoms with E-state index in [1.54, 1.807) is 6.92 Å². The molecule has 0 aromatic rings. The Labute approximate surface area is 96.6 Å². The molecule has 0 saturated heterocycles. The molecule has 16 heavy (non-hydrogen) atoms. The van der Waals surface area contributed by atoms with Crippen LogP contribution in [0.15, 0.2) is 0 Å². The fourth-order valence-electron chi connectivity index (χ4n) is 1.09. The number of hydrogen-bond donors (Lipinski definition) is 2. The van der Waals surface area contributed by atoms with E-state index in [0.29, 0.717) is 0 Å². The zero-order chi connectivity index (χ0) is 12.8. The molecule has 1 unspecified atom stereocenters. The first-order chi connectivity index (χ1) is 7.32. The lowest BCUT2D eigenvalue weighted by molar-refractivity contribution is -0.139. The molecule has 96 valence electrons. The van der Waals surface area contributed by atoms with E-state index in [2.05, 4.69) is 9.46 Å². The molecule has 0 aromatic heterocycles. The maximum absolute atomic E-state index is 11.5. The molecule has 0 aliphatic rings. The first kappa shape index (κ1) is 15.3. The van der Waals surface area contributed by atoms with Gasteiger partial charge in [0, 0.05) is 12.6 Å². The zero-order valence-electron chi connectivity index (χ0n) is 9.89. The smallest absolute Gasteiger partial charge is 0.322 e. The molecule has 0 heterocycles. The summed E-state index contributed by atoms with van der Waals surface area (Å²) in [5, 5.41) is 0. The molecule has 0 amide bonds.